The van der Waals surface area contributed by atoms with Crippen LogP contribution in [0.25, 0.3) is 0 Å². The maximum atomic E-state index is 12.1. The molecule has 0 bridgehead atoms. The van der Waals surface area contributed by atoms with E-state index >= 15 is 0 Å². The number of alkyl halides is 2. The number of rotatable bonds is 2. The zero-order valence-corrected chi connectivity index (χ0v) is 7.88. The molecule has 1 aliphatic rings. The zero-order chi connectivity index (χ0) is 9.03. The molecule has 2 N–H and O–H groups in total. The van der Waals surface area contributed by atoms with E-state index < -0.39 is 12.0 Å². The molecule has 1 nitrogen and oxygen atoms in total. The van der Waals surface area contributed by atoms with Crippen molar-refractivity contribution in [2.75, 3.05) is 11.5 Å². The Hall–Kier alpha value is 0.170. The topological polar surface area (TPSA) is 26.0 Å². The van der Waals surface area contributed by atoms with E-state index in [0.717, 1.165) is 30.8 Å². The van der Waals surface area contributed by atoms with E-state index in [-0.39, 0.29) is 6.42 Å². The molecule has 0 aromatic rings. The van der Waals surface area contributed by atoms with Crippen molar-refractivity contribution in [2.24, 2.45) is 5.73 Å². The molecule has 1 aliphatic heterocycles. The Morgan fingerprint density at radius 3 is 2.75 bits per heavy atom. The lowest BCUT2D eigenvalue weighted by Gasteiger charge is -2.27. The molecule has 1 atom stereocenters. The van der Waals surface area contributed by atoms with E-state index in [4.69, 9.17) is 5.73 Å². The first-order valence-corrected chi connectivity index (χ1v) is 5.43. The molecular weight excluding hydrogens is 180 g/mol. The summed E-state index contributed by atoms with van der Waals surface area (Å²) in [5.41, 5.74) is 5.28. The molecular formula is C8H15F2NS. The lowest BCUT2D eigenvalue weighted by atomic mass is 9.89. The molecule has 0 amide bonds. The molecule has 0 spiro atoms. The van der Waals surface area contributed by atoms with Gasteiger partial charge in [0.25, 0.3) is 0 Å². The van der Waals surface area contributed by atoms with Gasteiger partial charge in [0.1, 0.15) is 0 Å². The third kappa shape index (κ3) is 3.27. The van der Waals surface area contributed by atoms with E-state index in [1.54, 1.807) is 0 Å². The largest absolute Gasteiger partial charge is 0.325 e. The first-order valence-electron chi connectivity index (χ1n) is 4.27. The van der Waals surface area contributed by atoms with Crippen molar-refractivity contribution in [3.05, 3.63) is 0 Å². The van der Waals surface area contributed by atoms with Gasteiger partial charge >= 0.3 is 0 Å². The zero-order valence-electron chi connectivity index (χ0n) is 7.06. The third-order valence-electron chi connectivity index (χ3n) is 2.27. The number of hydrogen-bond donors (Lipinski definition) is 1. The van der Waals surface area contributed by atoms with Crippen LogP contribution >= 0.6 is 11.8 Å². The van der Waals surface area contributed by atoms with Gasteiger partial charge < -0.3 is 5.73 Å². The second-order valence-electron chi connectivity index (χ2n) is 3.42. The van der Waals surface area contributed by atoms with Gasteiger partial charge in [-0.1, -0.05) is 0 Å². The molecule has 1 rings (SSSR count). The predicted molar refractivity (Wildman–Crippen MR) is 48.7 cm³/mol. The van der Waals surface area contributed by atoms with Crippen LogP contribution in [0.1, 0.15) is 25.7 Å². The third-order valence-corrected chi connectivity index (χ3v) is 3.34. The number of halogens is 2. The van der Waals surface area contributed by atoms with Gasteiger partial charge in [0.2, 0.25) is 6.43 Å². The highest BCUT2D eigenvalue weighted by Crippen LogP contribution is 2.28. The Labute approximate surface area is 76.1 Å². The van der Waals surface area contributed by atoms with Crippen LogP contribution in [0.4, 0.5) is 8.78 Å². The van der Waals surface area contributed by atoms with Crippen LogP contribution in [0.5, 0.6) is 0 Å². The van der Waals surface area contributed by atoms with E-state index in [9.17, 15) is 8.78 Å². The summed E-state index contributed by atoms with van der Waals surface area (Å²) in [4.78, 5) is 0. The Bertz CT molecular complexity index is 133. The highest BCUT2D eigenvalue weighted by Gasteiger charge is 2.29. The lowest BCUT2D eigenvalue weighted by molar-refractivity contribution is 0.100. The van der Waals surface area contributed by atoms with Crippen LogP contribution in [0.2, 0.25) is 0 Å². The molecule has 1 saturated heterocycles. The van der Waals surface area contributed by atoms with Crippen molar-refractivity contribution in [1.29, 1.82) is 0 Å². The maximum absolute atomic E-state index is 12.1. The molecule has 4 heteroatoms. The smallest absolute Gasteiger partial charge is 0.240 e. The van der Waals surface area contributed by atoms with Gasteiger partial charge in [0.15, 0.2) is 0 Å². The molecule has 0 aliphatic carbocycles. The fraction of sp³-hybridized carbons (Fsp3) is 1.00. The lowest BCUT2D eigenvalue weighted by Crippen LogP contribution is -2.41. The van der Waals surface area contributed by atoms with Gasteiger partial charge in [0.05, 0.1) is 0 Å². The quantitative estimate of drug-likeness (QED) is 0.731. The predicted octanol–water partition coefficient (Wildman–Crippen LogP) is 2.26. The normalized spacial score (nSPS) is 32.0. The molecule has 72 valence electrons. The van der Waals surface area contributed by atoms with Crippen LogP contribution in [0, 0.1) is 0 Å². The summed E-state index contributed by atoms with van der Waals surface area (Å²) in [6, 6.07) is 0. The maximum Gasteiger partial charge on any atom is 0.240 e. The Kier molecular flexibility index (Phi) is 3.77. The summed E-state index contributed by atoms with van der Waals surface area (Å²) in [6.45, 7) is 0. The highest BCUT2D eigenvalue weighted by molar-refractivity contribution is 7.99. The summed E-state index contributed by atoms with van der Waals surface area (Å²) in [6.07, 6.45) is 0.0893. The Morgan fingerprint density at radius 1 is 1.33 bits per heavy atom. The molecule has 1 fully saturated rings. The highest BCUT2D eigenvalue weighted by atomic mass is 32.2. The summed E-state index contributed by atoms with van der Waals surface area (Å²) in [5, 5.41) is 0. The second kappa shape index (κ2) is 4.42. The average molecular weight is 195 g/mol. The summed E-state index contributed by atoms with van der Waals surface area (Å²) < 4.78 is 24.2. The van der Waals surface area contributed by atoms with Crippen molar-refractivity contribution in [3.63, 3.8) is 0 Å². The fourth-order valence-corrected chi connectivity index (χ4v) is 2.64. The summed E-state index contributed by atoms with van der Waals surface area (Å²) >= 11 is 1.82. The standard InChI is InChI=1S/C8H15F2NS/c9-7(10)6-8(11)2-1-4-12-5-3-8/h7H,1-6,11H2. The van der Waals surface area contributed by atoms with E-state index in [1.165, 1.54) is 0 Å². The first-order chi connectivity index (χ1) is 5.62. The number of thioether (sulfide) groups is 1. The first kappa shape index (κ1) is 10.3. The fourth-order valence-electron chi connectivity index (χ4n) is 1.54. The molecule has 1 heterocycles. The Morgan fingerprint density at radius 2 is 2.08 bits per heavy atom. The number of hydrogen-bond acceptors (Lipinski definition) is 2. The SMILES string of the molecule is NC1(CC(F)F)CCCSCC1. The van der Waals surface area contributed by atoms with Gasteiger partial charge in [-0.15, -0.1) is 0 Å². The minimum atomic E-state index is -2.25. The van der Waals surface area contributed by atoms with Gasteiger partial charge in [-0.2, -0.15) is 11.8 Å². The van der Waals surface area contributed by atoms with Crippen LogP contribution in [-0.2, 0) is 0 Å². The van der Waals surface area contributed by atoms with Crippen molar-refractivity contribution in [3.8, 4) is 0 Å². The summed E-state index contributed by atoms with van der Waals surface area (Å²) in [7, 11) is 0. The molecule has 12 heavy (non-hydrogen) atoms. The molecule has 1 unspecified atom stereocenters. The van der Waals surface area contributed by atoms with Gasteiger partial charge in [0, 0.05) is 12.0 Å². The van der Waals surface area contributed by atoms with E-state index in [1.807, 2.05) is 11.8 Å². The van der Waals surface area contributed by atoms with E-state index in [2.05, 4.69) is 0 Å². The molecule has 0 aromatic heterocycles. The number of nitrogens with two attached hydrogens (primary N) is 1. The van der Waals surface area contributed by atoms with Crippen LogP contribution in [0.15, 0.2) is 0 Å². The van der Waals surface area contributed by atoms with Gasteiger partial charge in [-0.25, -0.2) is 8.78 Å². The van der Waals surface area contributed by atoms with Crippen molar-refractivity contribution in [2.45, 2.75) is 37.6 Å². The van der Waals surface area contributed by atoms with Crippen LogP contribution < -0.4 is 5.73 Å². The van der Waals surface area contributed by atoms with Crippen molar-refractivity contribution < 1.29 is 8.78 Å². The molecule has 0 aromatic carbocycles. The average Bonchev–Trinajstić information content (AvgIpc) is 2.12. The van der Waals surface area contributed by atoms with Gasteiger partial charge in [-0.05, 0) is 30.8 Å². The van der Waals surface area contributed by atoms with Crippen LogP contribution in [0.3, 0.4) is 0 Å². The van der Waals surface area contributed by atoms with E-state index in [0.29, 0.717) is 0 Å². The molecule has 0 saturated carbocycles. The van der Waals surface area contributed by atoms with Crippen molar-refractivity contribution in [1.82, 2.24) is 0 Å². The van der Waals surface area contributed by atoms with Gasteiger partial charge in [-0.3, -0.25) is 0 Å². The minimum absolute atomic E-state index is 0.131. The molecule has 0 radical (unpaired) electrons. The summed E-state index contributed by atoms with van der Waals surface area (Å²) in [5.74, 6) is 2.01. The minimum Gasteiger partial charge on any atom is -0.325 e. The monoisotopic (exact) mass is 195 g/mol. The van der Waals surface area contributed by atoms with Crippen molar-refractivity contribution >= 4 is 11.8 Å². The van der Waals surface area contributed by atoms with Crippen LogP contribution in [-0.4, -0.2) is 23.5 Å². The second-order valence-corrected chi connectivity index (χ2v) is 4.65. The Balaban J connectivity index is 2.42.